The summed E-state index contributed by atoms with van der Waals surface area (Å²) in [5.41, 5.74) is 6.48. The van der Waals surface area contributed by atoms with Crippen LogP contribution in [0.4, 0.5) is 11.8 Å². The van der Waals surface area contributed by atoms with Crippen LogP contribution in [0.3, 0.4) is 0 Å². The Morgan fingerprint density at radius 2 is 1.69 bits per heavy atom. The minimum absolute atomic E-state index is 0.255. The fraction of sp³-hybridized carbons (Fsp3) is 0.600. The van der Waals surface area contributed by atoms with Crippen LogP contribution in [0.15, 0.2) is 18.5 Å². The molecule has 0 amide bonds. The molecule has 3 aliphatic heterocycles. The first kappa shape index (κ1) is 23.0. The molecule has 3 aliphatic rings. The Morgan fingerprint density at radius 3 is 2.43 bits per heavy atom. The number of fused-ring (bicyclic) bond motifs is 1. The summed E-state index contributed by atoms with van der Waals surface area (Å²) in [6.45, 7) is 9.02. The molecule has 6 heterocycles. The first-order valence-electron chi connectivity index (χ1n) is 12.9. The summed E-state index contributed by atoms with van der Waals surface area (Å²) in [7, 11) is 0. The van der Waals surface area contributed by atoms with Gasteiger partial charge in [0.1, 0.15) is 10.6 Å². The van der Waals surface area contributed by atoms with E-state index in [1.54, 1.807) is 23.7 Å². The molecule has 0 spiro atoms. The lowest BCUT2D eigenvalue weighted by Gasteiger charge is -2.40. The average molecular weight is 495 g/mol. The van der Waals surface area contributed by atoms with E-state index < -0.39 is 0 Å². The van der Waals surface area contributed by atoms with Crippen molar-refractivity contribution in [3.05, 3.63) is 23.3 Å². The summed E-state index contributed by atoms with van der Waals surface area (Å²) < 4.78 is 5.59. The van der Waals surface area contributed by atoms with E-state index in [1.807, 2.05) is 0 Å². The summed E-state index contributed by atoms with van der Waals surface area (Å²) >= 11 is 1.78. The van der Waals surface area contributed by atoms with Crippen molar-refractivity contribution in [3.8, 4) is 11.4 Å². The number of piperidine rings is 2. The predicted molar refractivity (Wildman–Crippen MR) is 140 cm³/mol. The summed E-state index contributed by atoms with van der Waals surface area (Å²) in [4.78, 5) is 28.2. The summed E-state index contributed by atoms with van der Waals surface area (Å²) in [6, 6.07) is 3.09. The molecule has 35 heavy (non-hydrogen) atoms. The Morgan fingerprint density at radius 1 is 0.943 bits per heavy atom. The molecule has 3 aromatic heterocycles. The van der Waals surface area contributed by atoms with E-state index in [4.69, 9.17) is 20.4 Å². The number of ether oxygens (including phenoxy) is 1. The van der Waals surface area contributed by atoms with E-state index >= 15 is 0 Å². The summed E-state index contributed by atoms with van der Waals surface area (Å²) in [5, 5.41) is 1.13. The molecule has 3 saturated heterocycles. The highest BCUT2D eigenvalue weighted by Crippen LogP contribution is 2.34. The van der Waals surface area contributed by atoms with Gasteiger partial charge in [0.2, 0.25) is 5.95 Å². The fourth-order valence-electron chi connectivity index (χ4n) is 5.58. The number of rotatable bonds is 5. The lowest BCUT2D eigenvalue weighted by atomic mass is 10.00. The molecule has 9 nitrogen and oxygen atoms in total. The fourth-order valence-corrected chi connectivity index (χ4v) is 6.64. The van der Waals surface area contributed by atoms with Gasteiger partial charge in [-0.3, -0.25) is 4.90 Å². The van der Waals surface area contributed by atoms with Crippen LogP contribution in [-0.2, 0) is 11.3 Å². The lowest BCUT2D eigenvalue weighted by molar-refractivity contribution is 0.0901. The van der Waals surface area contributed by atoms with Gasteiger partial charge in [0.05, 0.1) is 24.2 Å². The number of thiophene rings is 1. The summed E-state index contributed by atoms with van der Waals surface area (Å²) in [5.74, 6) is 1.89. The second kappa shape index (κ2) is 10.3. The number of anilines is 2. The zero-order chi connectivity index (χ0) is 23.6. The van der Waals surface area contributed by atoms with Gasteiger partial charge in [0.15, 0.2) is 5.82 Å². The third-order valence-electron chi connectivity index (χ3n) is 7.51. The molecule has 0 saturated carbocycles. The first-order chi connectivity index (χ1) is 17.2. The molecule has 2 N–H and O–H groups in total. The Balaban J connectivity index is 1.23. The van der Waals surface area contributed by atoms with Crippen molar-refractivity contribution >= 4 is 33.3 Å². The van der Waals surface area contributed by atoms with Gasteiger partial charge in [-0.05, 0) is 44.8 Å². The third-order valence-corrected chi connectivity index (χ3v) is 8.52. The SMILES string of the molecule is Nc1ncc(-c2nc(N3CCOCC3)c3cc(CN4CCC(N5CCCCC5)CC4)sc3n2)cn1. The van der Waals surface area contributed by atoms with Crippen molar-refractivity contribution in [1.82, 2.24) is 29.7 Å². The predicted octanol–water partition coefficient (Wildman–Crippen LogP) is 3.02. The standard InChI is InChI=1S/C25H34N8OS/c26-25-27-15-18(16-28-25)22-29-23(33-10-12-34-13-11-33)21-14-20(35-24(21)30-22)17-31-8-4-19(5-9-31)32-6-2-1-3-7-32/h14-16,19H,1-13,17H2,(H2,26,27,28). The van der Waals surface area contributed by atoms with Crippen LogP contribution in [0.5, 0.6) is 0 Å². The average Bonchev–Trinajstić information content (AvgIpc) is 3.32. The van der Waals surface area contributed by atoms with Crippen molar-refractivity contribution < 1.29 is 4.74 Å². The first-order valence-corrected chi connectivity index (χ1v) is 13.7. The second-order valence-electron chi connectivity index (χ2n) is 9.84. The van der Waals surface area contributed by atoms with Crippen LogP contribution >= 0.6 is 11.3 Å². The molecule has 0 bridgehead atoms. The maximum absolute atomic E-state index is 5.69. The Bertz CT molecular complexity index is 1130. The van der Waals surface area contributed by atoms with Crippen molar-refractivity contribution in [1.29, 1.82) is 0 Å². The number of likely N-dealkylation sites (tertiary alicyclic amines) is 2. The van der Waals surface area contributed by atoms with Crippen molar-refractivity contribution in [2.45, 2.75) is 44.7 Å². The van der Waals surface area contributed by atoms with E-state index in [2.05, 4.69) is 30.7 Å². The molecule has 0 aromatic carbocycles. The summed E-state index contributed by atoms with van der Waals surface area (Å²) in [6.07, 6.45) is 10.1. The normalized spacial score (nSPS) is 21.1. The maximum atomic E-state index is 5.69. The van der Waals surface area contributed by atoms with E-state index in [-0.39, 0.29) is 5.95 Å². The van der Waals surface area contributed by atoms with Crippen molar-refractivity contribution in [3.63, 3.8) is 0 Å². The number of nitrogens with two attached hydrogens (primary N) is 1. The number of nitrogen functional groups attached to an aromatic ring is 1. The van der Waals surface area contributed by atoms with Crippen LogP contribution < -0.4 is 10.6 Å². The monoisotopic (exact) mass is 494 g/mol. The van der Waals surface area contributed by atoms with E-state index in [0.29, 0.717) is 5.82 Å². The molecular weight excluding hydrogens is 460 g/mol. The lowest BCUT2D eigenvalue weighted by Crippen LogP contribution is -2.46. The minimum atomic E-state index is 0.255. The molecule has 0 radical (unpaired) electrons. The molecule has 6 rings (SSSR count). The molecule has 10 heteroatoms. The number of morpholine rings is 1. The van der Waals surface area contributed by atoms with Crippen LogP contribution in [0.1, 0.15) is 37.0 Å². The number of hydrogen-bond acceptors (Lipinski definition) is 10. The van der Waals surface area contributed by atoms with E-state index in [1.165, 1.54) is 63.2 Å². The largest absolute Gasteiger partial charge is 0.378 e. The van der Waals surface area contributed by atoms with Gasteiger partial charge in [-0.25, -0.2) is 19.9 Å². The molecular formula is C25H34N8OS. The highest BCUT2D eigenvalue weighted by atomic mass is 32.1. The highest BCUT2D eigenvalue weighted by molar-refractivity contribution is 7.18. The van der Waals surface area contributed by atoms with Crippen LogP contribution in [-0.4, -0.2) is 88.3 Å². The van der Waals surface area contributed by atoms with Crippen molar-refractivity contribution in [2.75, 3.05) is 63.1 Å². The molecule has 0 atom stereocenters. The Hall–Kier alpha value is -2.40. The van der Waals surface area contributed by atoms with E-state index in [9.17, 15) is 0 Å². The molecule has 0 aliphatic carbocycles. The van der Waals surface area contributed by atoms with Gasteiger partial charge in [0.25, 0.3) is 0 Å². The molecule has 3 aromatic rings. The van der Waals surface area contributed by atoms with Crippen LogP contribution in [0, 0.1) is 0 Å². The number of nitrogens with zero attached hydrogens (tertiary/aromatic N) is 7. The smallest absolute Gasteiger partial charge is 0.219 e. The molecule has 3 fully saturated rings. The van der Waals surface area contributed by atoms with Gasteiger partial charge < -0.3 is 20.3 Å². The number of aromatic nitrogens is 4. The van der Waals surface area contributed by atoms with Gasteiger partial charge in [0, 0.05) is 56.0 Å². The Labute approximate surface area is 210 Å². The van der Waals surface area contributed by atoms with Crippen LogP contribution in [0.2, 0.25) is 0 Å². The second-order valence-corrected chi connectivity index (χ2v) is 11.0. The van der Waals surface area contributed by atoms with Gasteiger partial charge in [-0.15, -0.1) is 11.3 Å². The zero-order valence-electron chi connectivity index (χ0n) is 20.2. The van der Waals surface area contributed by atoms with Gasteiger partial charge in [-0.2, -0.15) is 0 Å². The van der Waals surface area contributed by atoms with Gasteiger partial charge >= 0.3 is 0 Å². The van der Waals surface area contributed by atoms with E-state index in [0.717, 1.165) is 60.5 Å². The maximum Gasteiger partial charge on any atom is 0.219 e. The topological polar surface area (TPSA) is 96.5 Å². The zero-order valence-corrected chi connectivity index (χ0v) is 21.0. The van der Waals surface area contributed by atoms with Gasteiger partial charge in [-0.1, -0.05) is 6.42 Å². The minimum Gasteiger partial charge on any atom is -0.378 e. The Kier molecular flexibility index (Phi) is 6.78. The molecule has 186 valence electrons. The highest BCUT2D eigenvalue weighted by Gasteiger charge is 2.26. The van der Waals surface area contributed by atoms with Crippen LogP contribution in [0.25, 0.3) is 21.6 Å². The van der Waals surface area contributed by atoms with Crippen molar-refractivity contribution in [2.24, 2.45) is 0 Å². The number of hydrogen-bond donors (Lipinski definition) is 1. The third kappa shape index (κ3) is 5.11. The quantitative estimate of drug-likeness (QED) is 0.574. The molecule has 0 unspecified atom stereocenters.